The molecule has 0 saturated heterocycles. The van der Waals surface area contributed by atoms with Gasteiger partial charge in [0.15, 0.2) is 0 Å². The van der Waals surface area contributed by atoms with Crippen molar-refractivity contribution in [1.29, 1.82) is 0 Å². The Bertz CT molecular complexity index is 575. The number of aliphatic hydroxyl groups excluding tert-OH is 1. The van der Waals surface area contributed by atoms with E-state index in [1.807, 2.05) is 0 Å². The summed E-state index contributed by atoms with van der Waals surface area (Å²) in [7, 11) is 0. The normalized spacial score (nSPS) is 13.9. The van der Waals surface area contributed by atoms with Crippen molar-refractivity contribution in [3.8, 4) is 0 Å². The van der Waals surface area contributed by atoms with Crippen LogP contribution in [0, 0.1) is 0 Å². The Morgan fingerprint density at radius 1 is 1.21 bits per heavy atom. The van der Waals surface area contributed by atoms with Gasteiger partial charge in [-0.05, 0) is 37.1 Å². The lowest BCUT2D eigenvalue weighted by Crippen LogP contribution is -2.02. The van der Waals surface area contributed by atoms with Gasteiger partial charge in [-0.2, -0.15) is 0 Å². The third kappa shape index (κ3) is 3.03. The highest BCUT2D eigenvalue weighted by atomic mass is 19.1. The Balaban J connectivity index is 2.26. The fraction of sp³-hybridized carbons (Fsp3) is 0.200. The first-order valence-electron chi connectivity index (χ1n) is 5.97. The smallest absolute Gasteiger partial charge is 0.122 e. The van der Waals surface area contributed by atoms with Crippen molar-refractivity contribution in [2.45, 2.75) is 20.0 Å². The molecule has 3 nitrogen and oxygen atoms in total. The average Bonchev–Trinajstić information content (AvgIpc) is 2.46. The minimum Gasteiger partial charge on any atom is -0.382 e. The van der Waals surface area contributed by atoms with Gasteiger partial charge in [-0.3, -0.25) is 9.97 Å². The summed E-state index contributed by atoms with van der Waals surface area (Å²) in [6, 6.07) is 6.98. The number of aromatic nitrogens is 2. The summed E-state index contributed by atoms with van der Waals surface area (Å²) in [4.78, 5) is 8.14. The van der Waals surface area contributed by atoms with E-state index in [1.165, 1.54) is 6.92 Å². The lowest BCUT2D eigenvalue weighted by Gasteiger charge is -2.10. The van der Waals surface area contributed by atoms with Gasteiger partial charge in [-0.1, -0.05) is 12.1 Å². The fourth-order valence-corrected chi connectivity index (χ4v) is 1.70. The number of pyridine rings is 2. The molecule has 0 aliphatic carbocycles. The first-order valence-corrected chi connectivity index (χ1v) is 5.97. The van der Waals surface area contributed by atoms with E-state index < -0.39 is 6.10 Å². The molecular formula is C15H15FN2O. The van der Waals surface area contributed by atoms with Crippen LogP contribution in [-0.2, 0) is 0 Å². The number of aliphatic hydroxyl groups is 1. The van der Waals surface area contributed by atoms with E-state index in [0.717, 1.165) is 0 Å². The molecule has 0 saturated carbocycles. The van der Waals surface area contributed by atoms with Crippen molar-refractivity contribution in [2.24, 2.45) is 0 Å². The number of nitrogens with zero attached hydrogens (tertiary/aromatic N) is 2. The second-order valence-electron chi connectivity index (χ2n) is 4.32. The Morgan fingerprint density at radius 2 is 2.00 bits per heavy atom. The summed E-state index contributed by atoms with van der Waals surface area (Å²) in [6.45, 7) is 3.11. The molecule has 0 aliphatic heterocycles. The monoisotopic (exact) mass is 258 g/mol. The van der Waals surface area contributed by atoms with Gasteiger partial charge >= 0.3 is 0 Å². The molecule has 0 amide bonds. The maximum atomic E-state index is 13.1. The zero-order valence-electron chi connectivity index (χ0n) is 10.8. The zero-order chi connectivity index (χ0) is 13.8. The van der Waals surface area contributed by atoms with E-state index in [9.17, 15) is 9.50 Å². The predicted octanol–water partition coefficient (Wildman–Crippen LogP) is 3.28. The molecule has 0 fully saturated rings. The minimum absolute atomic E-state index is 0.234. The summed E-state index contributed by atoms with van der Waals surface area (Å²) < 4.78 is 13.1. The molecule has 2 aromatic heterocycles. The first-order chi connectivity index (χ1) is 9.09. The number of hydrogen-bond donors (Lipinski definition) is 1. The van der Waals surface area contributed by atoms with Crippen LogP contribution in [0.15, 0.2) is 48.7 Å². The van der Waals surface area contributed by atoms with E-state index in [-0.39, 0.29) is 5.83 Å². The van der Waals surface area contributed by atoms with Crippen LogP contribution < -0.4 is 0 Å². The topological polar surface area (TPSA) is 46.0 Å². The van der Waals surface area contributed by atoms with Crippen LogP contribution in [0.5, 0.6) is 0 Å². The third-order valence-electron chi connectivity index (χ3n) is 3.02. The van der Waals surface area contributed by atoms with Gasteiger partial charge in [-0.15, -0.1) is 0 Å². The average molecular weight is 258 g/mol. The Labute approximate surface area is 111 Å². The van der Waals surface area contributed by atoms with Crippen LogP contribution in [0.2, 0.25) is 0 Å². The Kier molecular flexibility index (Phi) is 4.02. The maximum Gasteiger partial charge on any atom is 0.122 e. The molecule has 19 heavy (non-hydrogen) atoms. The molecule has 1 N–H and O–H groups in total. The van der Waals surface area contributed by atoms with Crippen LogP contribution in [0.1, 0.15) is 36.8 Å². The second-order valence-corrected chi connectivity index (χ2v) is 4.32. The van der Waals surface area contributed by atoms with E-state index >= 15 is 0 Å². The maximum absolute atomic E-state index is 13.1. The molecule has 98 valence electrons. The van der Waals surface area contributed by atoms with Gasteiger partial charge in [-0.25, -0.2) is 4.39 Å². The van der Waals surface area contributed by atoms with Crippen LogP contribution in [-0.4, -0.2) is 15.1 Å². The molecule has 2 aromatic rings. The van der Waals surface area contributed by atoms with Crippen LogP contribution in [0.4, 0.5) is 4.39 Å². The zero-order valence-corrected chi connectivity index (χ0v) is 10.8. The molecule has 1 atom stereocenters. The van der Waals surface area contributed by atoms with Crippen molar-refractivity contribution in [1.82, 2.24) is 9.97 Å². The number of rotatable bonds is 3. The molecular weight excluding hydrogens is 243 g/mol. The third-order valence-corrected chi connectivity index (χ3v) is 3.02. The highest BCUT2D eigenvalue weighted by Crippen LogP contribution is 2.22. The molecule has 0 spiro atoms. The lowest BCUT2D eigenvalue weighted by atomic mass is 10.1. The molecule has 0 aromatic carbocycles. The summed E-state index contributed by atoms with van der Waals surface area (Å²) >= 11 is 0. The number of allylic oxidation sites excluding steroid dienone is 2. The van der Waals surface area contributed by atoms with Crippen molar-refractivity contribution in [3.05, 3.63) is 65.5 Å². The van der Waals surface area contributed by atoms with Gasteiger partial charge in [0.2, 0.25) is 0 Å². The summed E-state index contributed by atoms with van der Waals surface area (Å²) in [5, 5.41) is 10.1. The van der Waals surface area contributed by atoms with E-state index in [4.69, 9.17) is 0 Å². The van der Waals surface area contributed by atoms with Gasteiger partial charge in [0.1, 0.15) is 11.9 Å². The summed E-state index contributed by atoms with van der Waals surface area (Å²) in [6.07, 6.45) is 3.98. The Morgan fingerprint density at radius 3 is 2.53 bits per heavy atom. The largest absolute Gasteiger partial charge is 0.382 e. The van der Waals surface area contributed by atoms with Crippen molar-refractivity contribution < 1.29 is 9.50 Å². The van der Waals surface area contributed by atoms with Gasteiger partial charge < -0.3 is 5.11 Å². The SMILES string of the molecule is CC(F)=C(C)c1ccc(C(O)c2cccnc2)nc1. The van der Waals surface area contributed by atoms with Crippen LogP contribution in [0.3, 0.4) is 0 Å². The van der Waals surface area contributed by atoms with E-state index in [2.05, 4.69) is 9.97 Å². The summed E-state index contributed by atoms with van der Waals surface area (Å²) in [5.41, 5.74) is 2.45. The Hall–Kier alpha value is -2.07. The lowest BCUT2D eigenvalue weighted by molar-refractivity contribution is 0.215. The molecule has 2 heterocycles. The van der Waals surface area contributed by atoms with Crippen molar-refractivity contribution in [2.75, 3.05) is 0 Å². The molecule has 1 unspecified atom stereocenters. The van der Waals surface area contributed by atoms with Crippen molar-refractivity contribution in [3.63, 3.8) is 0 Å². The molecule has 0 bridgehead atoms. The van der Waals surface area contributed by atoms with Crippen LogP contribution in [0.25, 0.3) is 5.57 Å². The minimum atomic E-state index is -0.821. The number of hydrogen-bond acceptors (Lipinski definition) is 3. The standard InChI is InChI=1S/C15H15FN2O/c1-10(11(2)16)12-5-6-14(18-9-12)15(19)13-4-3-7-17-8-13/h3-9,15,19H,1-2H3. The van der Waals surface area contributed by atoms with Gasteiger partial charge in [0, 0.05) is 24.2 Å². The predicted molar refractivity (Wildman–Crippen MR) is 71.9 cm³/mol. The molecule has 0 radical (unpaired) electrons. The fourth-order valence-electron chi connectivity index (χ4n) is 1.70. The first kappa shape index (κ1) is 13.4. The number of halogens is 1. The molecule has 0 aliphatic rings. The summed E-state index contributed by atoms with van der Waals surface area (Å²) in [5.74, 6) is -0.234. The molecule has 4 heteroatoms. The quantitative estimate of drug-likeness (QED) is 0.919. The van der Waals surface area contributed by atoms with Gasteiger partial charge in [0.05, 0.1) is 5.69 Å². The molecule has 2 rings (SSSR count). The second kappa shape index (κ2) is 5.71. The van der Waals surface area contributed by atoms with Crippen LogP contribution >= 0.6 is 0 Å². The van der Waals surface area contributed by atoms with Gasteiger partial charge in [0.25, 0.3) is 0 Å². The highest BCUT2D eigenvalue weighted by molar-refractivity contribution is 5.64. The van der Waals surface area contributed by atoms with E-state index in [0.29, 0.717) is 22.4 Å². The van der Waals surface area contributed by atoms with E-state index in [1.54, 1.807) is 49.8 Å². The van der Waals surface area contributed by atoms with Crippen molar-refractivity contribution >= 4 is 5.57 Å². The highest BCUT2D eigenvalue weighted by Gasteiger charge is 2.12.